The first-order valence-electron chi connectivity index (χ1n) is 7.51. The summed E-state index contributed by atoms with van der Waals surface area (Å²) < 4.78 is 13.6. The maximum atomic E-state index is 13.6. The molecule has 116 valence electrons. The van der Waals surface area contributed by atoms with Crippen LogP contribution in [0.25, 0.3) is 0 Å². The normalized spacial score (nSPS) is 16.2. The summed E-state index contributed by atoms with van der Waals surface area (Å²) in [6.07, 6.45) is 6.66. The first kappa shape index (κ1) is 16.2. The van der Waals surface area contributed by atoms with Crippen LogP contribution in [0.15, 0.2) is 18.2 Å². The predicted octanol–water partition coefficient (Wildman–Crippen LogP) is 4.07. The van der Waals surface area contributed by atoms with E-state index in [0.29, 0.717) is 24.0 Å². The Morgan fingerprint density at radius 3 is 2.76 bits per heavy atom. The molecule has 1 amide bonds. The molecule has 0 atom stereocenters. The standard InChI is InChI=1S/C16H22ClFN2O/c1-20(13-5-3-2-4-6-13)10-9-16(21)19-15-8-7-12(17)11-14(15)18/h7-8,11,13H,2-6,9-10H2,1H3,(H,19,21). The topological polar surface area (TPSA) is 32.3 Å². The van der Waals surface area contributed by atoms with Gasteiger partial charge < -0.3 is 10.2 Å². The minimum Gasteiger partial charge on any atom is -0.324 e. The highest BCUT2D eigenvalue weighted by atomic mass is 35.5. The third-order valence-electron chi connectivity index (χ3n) is 4.09. The van der Waals surface area contributed by atoms with E-state index in [4.69, 9.17) is 11.6 Å². The summed E-state index contributed by atoms with van der Waals surface area (Å²) in [7, 11) is 2.06. The Morgan fingerprint density at radius 2 is 2.10 bits per heavy atom. The van der Waals surface area contributed by atoms with Crippen LogP contribution in [0, 0.1) is 5.82 Å². The van der Waals surface area contributed by atoms with Crippen LogP contribution in [0.5, 0.6) is 0 Å². The second-order valence-electron chi connectivity index (χ2n) is 5.69. The van der Waals surface area contributed by atoms with Crippen molar-refractivity contribution in [3.8, 4) is 0 Å². The molecule has 2 rings (SSSR count). The number of benzene rings is 1. The molecule has 1 aromatic carbocycles. The Bertz CT molecular complexity index is 489. The highest BCUT2D eigenvalue weighted by Crippen LogP contribution is 2.22. The summed E-state index contributed by atoms with van der Waals surface area (Å²) >= 11 is 5.68. The zero-order valence-electron chi connectivity index (χ0n) is 12.4. The number of nitrogens with zero attached hydrogens (tertiary/aromatic N) is 1. The molecule has 1 aliphatic rings. The lowest BCUT2D eigenvalue weighted by atomic mass is 9.94. The third-order valence-corrected chi connectivity index (χ3v) is 4.33. The second kappa shape index (κ2) is 7.76. The fraction of sp³-hybridized carbons (Fsp3) is 0.562. The molecule has 0 spiro atoms. The number of halogens is 2. The lowest BCUT2D eigenvalue weighted by Crippen LogP contribution is -2.35. The van der Waals surface area contributed by atoms with E-state index in [2.05, 4.69) is 17.3 Å². The van der Waals surface area contributed by atoms with Crippen molar-refractivity contribution in [2.45, 2.75) is 44.6 Å². The molecule has 21 heavy (non-hydrogen) atoms. The lowest BCUT2D eigenvalue weighted by Gasteiger charge is -2.30. The monoisotopic (exact) mass is 312 g/mol. The molecule has 0 unspecified atom stereocenters. The van der Waals surface area contributed by atoms with Crippen LogP contribution >= 0.6 is 11.6 Å². The molecule has 1 N–H and O–H groups in total. The van der Waals surface area contributed by atoms with Gasteiger partial charge in [-0.3, -0.25) is 4.79 Å². The van der Waals surface area contributed by atoms with Crippen molar-refractivity contribution in [3.05, 3.63) is 29.0 Å². The van der Waals surface area contributed by atoms with Crippen molar-refractivity contribution in [1.82, 2.24) is 4.90 Å². The number of nitrogens with one attached hydrogen (secondary N) is 1. The number of hydrogen-bond acceptors (Lipinski definition) is 2. The quantitative estimate of drug-likeness (QED) is 0.888. The second-order valence-corrected chi connectivity index (χ2v) is 6.13. The van der Waals surface area contributed by atoms with Crippen LogP contribution in [-0.2, 0) is 4.79 Å². The summed E-state index contributed by atoms with van der Waals surface area (Å²) in [5, 5.41) is 2.92. The van der Waals surface area contributed by atoms with Crippen LogP contribution in [0.2, 0.25) is 5.02 Å². The molecule has 5 heteroatoms. The molecule has 0 bridgehead atoms. The van der Waals surface area contributed by atoms with E-state index in [-0.39, 0.29) is 11.6 Å². The molecule has 1 fully saturated rings. The van der Waals surface area contributed by atoms with Gasteiger partial charge in [-0.2, -0.15) is 0 Å². The highest BCUT2D eigenvalue weighted by Gasteiger charge is 2.18. The van der Waals surface area contributed by atoms with Gasteiger partial charge in [0.15, 0.2) is 0 Å². The summed E-state index contributed by atoms with van der Waals surface area (Å²) in [6, 6.07) is 4.83. The predicted molar refractivity (Wildman–Crippen MR) is 84.2 cm³/mol. The van der Waals surface area contributed by atoms with Gasteiger partial charge in [0.25, 0.3) is 0 Å². The van der Waals surface area contributed by atoms with Gasteiger partial charge in [-0.25, -0.2) is 4.39 Å². The van der Waals surface area contributed by atoms with E-state index < -0.39 is 5.82 Å². The Kier molecular flexibility index (Phi) is 6.00. The van der Waals surface area contributed by atoms with Crippen molar-refractivity contribution in [2.24, 2.45) is 0 Å². The van der Waals surface area contributed by atoms with Gasteiger partial charge in [-0.15, -0.1) is 0 Å². The van der Waals surface area contributed by atoms with Gasteiger partial charge in [0.05, 0.1) is 5.69 Å². The molecule has 1 aromatic rings. The smallest absolute Gasteiger partial charge is 0.225 e. The van der Waals surface area contributed by atoms with Crippen LogP contribution in [0.3, 0.4) is 0 Å². The minimum absolute atomic E-state index is 0.168. The number of anilines is 1. The zero-order valence-corrected chi connectivity index (χ0v) is 13.1. The summed E-state index contributed by atoms with van der Waals surface area (Å²) in [5.41, 5.74) is 0.185. The Balaban J connectivity index is 1.78. The lowest BCUT2D eigenvalue weighted by molar-refractivity contribution is -0.116. The van der Waals surface area contributed by atoms with Gasteiger partial charge >= 0.3 is 0 Å². The SMILES string of the molecule is CN(CCC(=O)Nc1ccc(Cl)cc1F)C1CCCCC1. The van der Waals surface area contributed by atoms with Crippen molar-refractivity contribution >= 4 is 23.2 Å². The number of rotatable bonds is 5. The van der Waals surface area contributed by atoms with E-state index in [0.717, 1.165) is 0 Å². The van der Waals surface area contributed by atoms with E-state index in [1.165, 1.54) is 44.2 Å². The van der Waals surface area contributed by atoms with Crippen LogP contribution < -0.4 is 5.32 Å². The van der Waals surface area contributed by atoms with Crippen molar-refractivity contribution < 1.29 is 9.18 Å². The molecular weight excluding hydrogens is 291 g/mol. The van der Waals surface area contributed by atoms with E-state index in [1.807, 2.05) is 0 Å². The average Bonchev–Trinajstić information content (AvgIpc) is 2.48. The number of hydrogen-bond donors (Lipinski definition) is 1. The molecule has 0 aliphatic heterocycles. The van der Waals surface area contributed by atoms with Gasteiger partial charge in [0, 0.05) is 24.0 Å². The van der Waals surface area contributed by atoms with Gasteiger partial charge in [0.2, 0.25) is 5.91 Å². The van der Waals surface area contributed by atoms with Crippen LogP contribution in [0.4, 0.5) is 10.1 Å². The van der Waals surface area contributed by atoms with Gasteiger partial charge in [0.1, 0.15) is 5.82 Å². The van der Waals surface area contributed by atoms with Crippen LogP contribution in [-0.4, -0.2) is 30.4 Å². The number of amides is 1. The molecule has 3 nitrogen and oxygen atoms in total. The maximum Gasteiger partial charge on any atom is 0.225 e. The molecular formula is C16H22ClFN2O. The third kappa shape index (κ3) is 4.97. The first-order chi connectivity index (χ1) is 10.1. The average molecular weight is 313 g/mol. The van der Waals surface area contributed by atoms with E-state index in [1.54, 1.807) is 6.07 Å². The summed E-state index contributed by atoms with van der Waals surface area (Å²) in [4.78, 5) is 14.1. The van der Waals surface area contributed by atoms with Crippen molar-refractivity contribution in [3.63, 3.8) is 0 Å². The molecule has 0 heterocycles. The molecule has 0 radical (unpaired) electrons. The first-order valence-corrected chi connectivity index (χ1v) is 7.89. The number of carbonyl (C=O) groups is 1. The van der Waals surface area contributed by atoms with E-state index in [9.17, 15) is 9.18 Å². The molecule has 1 aliphatic carbocycles. The van der Waals surface area contributed by atoms with E-state index >= 15 is 0 Å². The van der Waals surface area contributed by atoms with Crippen LogP contribution in [0.1, 0.15) is 38.5 Å². The van der Waals surface area contributed by atoms with Crippen molar-refractivity contribution in [1.29, 1.82) is 0 Å². The maximum absolute atomic E-state index is 13.6. The van der Waals surface area contributed by atoms with Gasteiger partial charge in [-0.1, -0.05) is 30.9 Å². The Morgan fingerprint density at radius 1 is 1.38 bits per heavy atom. The summed E-state index contributed by atoms with van der Waals surface area (Å²) in [6.45, 7) is 0.700. The fourth-order valence-corrected chi connectivity index (χ4v) is 2.94. The molecule has 0 aromatic heterocycles. The Hall–Kier alpha value is -1.13. The highest BCUT2D eigenvalue weighted by molar-refractivity contribution is 6.30. The minimum atomic E-state index is -0.503. The van der Waals surface area contributed by atoms with Gasteiger partial charge in [-0.05, 0) is 38.1 Å². The zero-order chi connectivity index (χ0) is 15.2. The summed E-state index contributed by atoms with van der Waals surface area (Å²) in [5.74, 6) is -0.671. The molecule has 1 saturated carbocycles. The largest absolute Gasteiger partial charge is 0.324 e. The molecule has 0 saturated heterocycles. The van der Waals surface area contributed by atoms with Crippen molar-refractivity contribution in [2.75, 3.05) is 18.9 Å². The number of carbonyl (C=O) groups excluding carboxylic acids is 1. The Labute approximate surface area is 130 Å². The fourth-order valence-electron chi connectivity index (χ4n) is 2.79.